The smallest absolute Gasteiger partial charge is 0.312 e. The van der Waals surface area contributed by atoms with Gasteiger partial charge in [0.15, 0.2) is 5.75 Å². The number of anilines is 1. The number of nitrogens with zero attached hydrogens (tertiary/aromatic N) is 3. The minimum absolute atomic E-state index is 0.0171. The molecule has 1 amide bonds. The van der Waals surface area contributed by atoms with Crippen molar-refractivity contribution in [2.24, 2.45) is 33.7 Å². The van der Waals surface area contributed by atoms with Gasteiger partial charge in [0, 0.05) is 92.6 Å². The predicted molar refractivity (Wildman–Crippen MR) is 276 cm³/mol. The molecule has 4 aromatic rings. The van der Waals surface area contributed by atoms with E-state index in [0.29, 0.717) is 19.4 Å². The van der Waals surface area contributed by atoms with Crippen molar-refractivity contribution < 1.29 is 53.8 Å². The number of likely N-dealkylation sites (tertiary alicyclic amines) is 1. The lowest BCUT2D eigenvalue weighted by Crippen LogP contribution is -2.50. The number of aliphatic hydroxyl groups excluding tert-OH is 2. The third-order valence-electron chi connectivity index (χ3n) is 15.4. The Hall–Kier alpha value is -6.65. The zero-order valence-electron chi connectivity index (χ0n) is 43.0. The monoisotopic (exact) mass is 996 g/mol. The number of aliphatic hydroxyl groups is 2. The Balaban J connectivity index is 1.36. The Morgan fingerprint density at radius 1 is 0.890 bits per heavy atom. The maximum atomic E-state index is 15.2. The molecule has 0 aliphatic carbocycles. The number of benzene rings is 4. The lowest BCUT2D eigenvalue weighted by molar-refractivity contribution is -0.160. The van der Waals surface area contributed by atoms with Gasteiger partial charge in [-0.3, -0.25) is 24.3 Å². The number of ketones is 1. The third-order valence-corrected chi connectivity index (χ3v) is 15.4. The zero-order valence-corrected chi connectivity index (χ0v) is 43.0. The van der Waals surface area contributed by atoms with Crippen LogP contribution < -0.4 is 20.8 Å². The number of piperidine rings is 1. The first kappa shape index (κ1) is 52.7. The van der Waals surface area contributed by atoms with Crippen LogP contribution in [0.2, 0.25) is 0 Å². The second kappa shape index (κ2) is 21.1. The van der Waals surface area contributed by atoms with E-state index in [1.807, 2.05) is 42.5 Å². The summed E-state index contributed by atoms with van der Waals surface area (Å²) in [4.78, 5) is 54.5. The van der Waals surface area contributed by atoms with Crippen molar-refractivity contribution in [3.05, 3.63) is 142 Å². The number of carbonyl (C=O) groups excluding carboxylic acids is 3. The third kappa shape index (κ3) is 9.83. The Morgan fingerprint density at radius 2 is 1.52 bits per heavy atom. The highest BCUT2D eigenvalue weighted by Crippen LogP contribution is 2.54. The SMILES string of the molecule is C=CCCN1[C@@H](c2ccccc2)CC2(C[C@H]1c1ccccc1)N=c1c(c3c4c5c(C)c(O)c3c(O)c1=NC(=O)/C(C)=C\C=C/[C@H](C)[C@H](O)[C@@H](C)[C@H](O)[C@H](C)[C@H](OC(C)=O)[C@H](C)[C@@H](OC)C=CO[C@@](C)(O5)C4=O)N2. The fraction of sp³-hybridized carbons (Fsp3) is 0.431. The molecule has 1 spiro atoms. The molecule has 5 heterocycles. The molecule has 1 fully saturated rings. The van der Waals surface area contributed by atoms with Crippen molar-refractivity contribution in [2.75, 3.05) is 19.0 Å². The highest BCUT2D eigenvalue weighted by Gasteiger charge is 2.52. The molecule has 0 aromatic heterocycles. The van der Waals surface area contributed by atoms with E-state index in [2.05, 4.69) is 46.1 Å². The molecule has 5 N–H and O–H groups in total. The van der Waals surface area contributed by atoms with Crippen molar-refractivity contribution in [1.82, 2.24) is 4.90 Å². The van der Waals surface area contributed by atoms with E-state index in [0.717, 1.165) is 17.5 Å². The molecule has 1 unspecified atom stereocenters. The second-order valence-electron chi connectivity index (χ2n) is 20.4. The quantitative estimate of drug-likeness (QED) is 0.0674. The molecule has 386 valence electrons. The number of phenolic OH excluding ortho intramolecular Hbond substituents is 2. The van der Waals surface area contributed by atoms with Crippen molar-refractivity contribution in [3.63, 3.8) is 0 Å². The molecule has 12 atom stereocenters. The second-order valence-corrected chi connectivity index (χ2v) is 20.4. The molecule has 5 aliphatic rings. The summed E-state index contributed by atoms with van der Waals surface area (Å²) in [5.41, 5.74) is 1.58. The summed E-state index contributed by atoms with van der Waals surface area (Å²) in [6.45, 7) is 17.6. The minimum atomic E-state index is -2.02. The van der Waals surface area contributed by atoms with Gasteiger partial charge in [-0.05, 0) is 37.5 Å². The van der Waals surface area contributed by atoms with Gasteiger partial charge in [0.2, 0.25) is 0 Å². The van der Waals surface area contributed by atoms with Crippen molar-refractivity contribution in [1.29, 1.82) is 0 Å². The van der Waals surface area contributed by atoms with Gasteiger partial charge in [-0.2, -0.15) is 0 Å². The summed E-state index contributed by atoms with van der Waals surface area (Å²) in [6, 6.07) is 19.9. The number of fused-ring (bicyclic) bond motifs is 13. The topological polar surface area (TPSA) is 209 Å². The van der Waals surface area contributed by atoms with Gasteiger partial charge in [-0.1, -0.05) is 113 Å². The van der Waals surface area contributed by atoms with Crippen LogP contribution in [0.3, 0.4) is 0 Å². The van der Waals surface area contributed by atoms with Crippen LogP contribution in [0.5, 0.6) is 17.2 Å². The number of Topliss-reactive ketones (excluding diaryl/α,β-unsaturated/α-hetero) is 1. The predicted octanol–water partition coefficient (Wildman–Crippen LogP) is 8.15. The average Bonchev–Trinajstić information content (AvgIpc) is 3.88. The molecular weight excluding hydrogens is 929 g/mol. The lowest BCUT2D eigenvalue weighted by atomic mass is 9.78. The van der Waals surface area contributed by atoms with Crippen LogP contribution in [-0.2, 0) is 23.8 Å². The van der Waals surface area contributed by atoms with Gasteiger partial charge in [0.25, 0.3) is 11.7 Å². The molecule has 15 nitrogen and oxygen atoms in total. The van der Waals surface area contributed by atoms with E-state index in [9.17, 15) is 30.0 Å². The van der Waals surface area contributed by atoms with Gasteiger partial charge in [-0.25, -0.2) is 4.99 Å². The molecule has 1 saturated heterocycles. The number of nitrogens with one attached hydrogen (secondary N) is 1. The van der Waals surface area contributed by atoms with Crippen LogP contribution in [-0.4, -0.2) is 92.5 Å². The van der Waals surface area contributed by atoms with E-state index in [4.69, 9.17) is 23.9 Å². The number of allylic oxidation sites excluding steroid dienone is 2. The van der Waals surface area contributed by atoms with Gasteiger partial charge < -0.3 is 44.7 Å². The zero-order chi connectivity index (χ0) is 52.7. The van der Waals surface area contributed by atoms with Crippen LogP contribution in [0, 0.1) is 30.6 Å². The number of aromatic hydroxyl groups is 2. The number of methoxy groups -OCH3 is 1. The van der Waals surface area contributed by atoms with E-state index < -0.39 is 88.7 Å². The Labute approximate surface area is 426 Å². The normalized spacial score (nSPS) is 31.9. The number of rotatable bonds is 7. The molecule has 73 heavy (non-hydrogen) atoms. The molecule has 5 bridgehead atoms. The summed E-state index contributed by atoms with van der Waals surface area (Å²) in [5, 5.41) is 51.6. The number of amides is 1. The first-order chi connectivity index (χ1) is 34.8. The lowest BCUT2D eigenvalue weighted by Gasteiger charge is -2.49. The number of esters is 1. The van der Waals surface area contributed by atoms with Crippen LogP contribution in [0.15, 0.2) is 119 Å². The Kier molecular flexibility index (Phi) is 15.2. The molecule has 15 heteroatoms. The van der Waals surface area contributed by atoms with Crippen LogP contribution >= 0.6 is 0 Å². The van der Waals surface area contributed by atoms with Crippen molar-refractivity contribution in [2.45, 2.75) is 123 Å². The van der Waals surface area contributed by atoms with Crippen LogP contribution in [0.4, 0.5) is 5.69 Å². The molecule has 5 aliphatic heterocycles. The first-order valence-corrected chi connectivity index (χ1v) is 25.1. The summed E-state index contributed by atoms with van der Waals surface area (Å²) in [6.07, 6.45) is 7.27. The van der Waals surface area contributed by atoms with Crippen molar-refractivity contribution in [3.8, 4) is 17.2 Å². The van der Waals surface area contributed by atoms with E-state index in [1.165, 1.54) is 27.2 Å². The molecule has 0 radical (unpaired) electrons. The largest absolute Gasteiger partial charge is 0.507 e. The Bertz CT molecular complexity index is 2960. The van der Waals surface area contributed by atoms with Crippen LogP contribution in [0.25, 0.3) is 10.8 Å². The summed E-state index contributed by atoms with van der Waals surface area (Å²) < 4.78 is 24.4. The average molecular weight is 997 g/mol. The minimum Gasteiger partial charge on any atom is -0.507 e. The fourth-order valence-electron chi connectivity index (χ4n) is 11.3. The number of ether oxygens (including phenoxy) is 4. The highest BCUT2D eigenvalue weighted by atomic mass is 16.7. The van der Waals surface area contributed by atoms with Gasteiger partial charge in [0.05, 0.1) is 41.2 Å². The molecule has 0 saturated carbocycles. The standard InChI is InChI=1S/C58H68N4O11/c1-11-12-27-62-40(38-22-15-13-16-23-38)29-58(30-41(62)39-24-17-14-18-25-39)60-46-43-44-51(66)36(7)54-45(43)55(68)57(9,73-54)71-28-26-42(70-10)33(4)53(72-37(8)63)35(6)50(65)34(5)49(64)31(2)20-19-21-32(3)56(69)59-48(52(44)67)47(46)61-58/h11,13-26,28,31,33-35,40-42,49-50,53,60,64-67H,1,12,27,29-30H2,2-10H3/b20-19-,28-26?,32-21-,59-48?/t31-,33+,34+,35-,40-,41+,42-,49-,50-,53+,57-,58?/m0/s1. The summed E-state index contributed by atoms with van der Waals surface area (Å²) in [7, 11) is 1.47. The van der Waals surface area contributed by atoms with E-state index in [-0.39, 0.29) is 61.7 Å². The van der Waals surface area contributed by atoms with E-state index in [1.54, 1.807) is 65.8 Å². The number of hydrogen-bond acceptors (Lipinski definition) is 14. The van der Waals surface area contributed by atoms with Gasteiger partial charge in [0.1, 0.15) is 34.0 Å². The van der Waals surface area contributed by atoms with E-state index >= 15 is 4.79 Å². The fourth-order valence-corrected chi connectivity index (χ4v) is 11.3. The van der Waals surface area contributed by atoms with Crippen LogP contribution in [0.1, 0.15) is 107 Å². The summed E-state index contributed by atoms with van der Waals surface area (Å²) in [5.74, 6) is -7.37. The number of phenols is 2. The first-order valence-electron chi connectivity index (χ1n) is 25.1. The molecular formula is C58H68N4O11. The number of hydrogen-bond donors (Lipinski definition) is 5. The maximum Gasteiger partial charge on any atom is 0.312 e. The molecule has 4 aromatic carbocycles. The van der Waals surface area contributed by atoms with Crippen molar-refractivity contribution >= 4 is 34.1 Å². The van der Waals surface area contributed by atoms with Gasteiger partial charge in [-0.15, -0.1) is 6.58 Å². The maximum absolute atomic E-state index is 15.2. The summed E-state index contributed by atoms with van der Waals surface area (Å²) >= 11 is 0. The van der Waals surface area contributed by atoms with Gasteiger partial charge >= 0.3 is 11.8 Å². The Morgan fingerprint density at radius 3 is 2.11 bits per heavy atom. The highest BCUT2D eigenvalue weighted by molar-refractivity contribution is 6.21. The molecule has 9 rings (SSSR count). The number of carbonyl (C=O) groups is 3.